The van der Waals surface area contributed by atoms with Gasteiger partial charge in [-0.15, -0.1) is 0 Å². The fourth-order valence-electron chi connectivity index (χ4n) is 3.61. The van der Waals surface area contributed by atoms with Crippen LogP contribution >= 0.6 is 0 Å². The summed E-state index contributed by atoms with van der Waals surface area (Å²) in [7, 11) is 0. The van der Waals surface area contributed by atoms with E-state index < -0.39 is 0 Å². The van der Waals surface area contributed by atoms with Gasteiger partial charge in [0.05, 0.1) is 12.8 Å². The molecule has 1 aliphatic heterocycles. The highest BCUT2D eigenvalue weighted by atomic mass is 16.3. The molecule has 0 unspecified atom stereocenters. The van der Waals surface area contributed by atoms with E-state index in [9.17, 15) is 14.4 Å². The first-order chi connectivity index (χ1) is 15.1. The number of carbonyl (C=O) groups is 3. The average molecular weight is 421 g/mol. The second kappa shape index (κ2) is 9.64. The third kappa shape index (κ3) is 5.84. The number of nitrogens with zero attached hydrogens (tertiary/aromatic N) is 1. The summed E-state index contributed by atoms with van der Waals surface area (Å²) in [5.74, 6) is 0.528. The molecule has 7 heteroatoms. The van der Waals surface area contributed by atoms with Crippen molar-refractivity contribution >= 4 is 23.8 Å². The molecule has 3 amide bonds. The van der Waals surface area contributed by atoms with Gasteiger partial charge < -0.3 is 20.0 Å². The van der Waals surface area contributed by atoms with Crippen molar-refractivity contribution in [1.82, 2.24) is 15.5 Å². The fourth-order valence-corrected chi connectivity index (χ4v) is 3.61. The Kier molecular flexibility index (Phi) is 6.50. The Bertz CT molecular complexity index is 938. The molecular formula is C24H27N3O4. The number of rotatable bonds is 7. The van der Waals surface area contributed by atoms with Gasteiger partial charge in [-0.25, -0.2) is 0 Å². The lowest BCUT2D eigenvalue weighted by molar-refractivity contribution is -0.132. The van der Waals surface area contributed by atoms with Crippen LogP contribution in [0.1, 0.15) is 47.4 Å². The topological polar surface area (TPSA) is 91.7 Å². The minimum absolute atomic E-state index is 0.00449. The summed E-state index contributed by atoms with van der Waals surface area (Å²) in [4.78, 5) is 38.6. The summed E-state index contributed by atoms with van der Waals surface area (Å²) in [5, 5.41) is 5.85. The van der Waals surface area contributed by atoms with E-state index in [1.807, 2.05) is 18.2 Å². The molecule has 1 saturated heterocycles. The quantitative estimate of drug-likeness (QED) is 0.673. The smallest absolute Gasteiger partial charge is 0.251 e. The van der Waals surface area contributed by atoms with Gasteiger partial charge in [0, 0.05) is 36.7 Å². The van der Waals surface area contributed by atoms with Crippen LogP contribution in [0.2, 0.25) is 0 Å². The summed E-state index contributed by atoms with van der Waals surface area (Å²) in [5.41, 5.74) is 1.49. The van der Waals surface area contributed by atoms with Gasteiger partial charge in [-0.1, -0.05) is 12.1 Å². The van der Waals surface area contributed by atoms with Gasteiger partial charge in [0.25, 0.3) is 5.91 Å². The van der Waals surface area contributed by atoms with Gasteiger partial charge in [-0.3, -0.25) is 14.4 Å². The van der Waals surface area contributed by atoms with E-state index in [0.29, 0.717) is 44.1 Å². The Morgan fingerprint density at radius 2 is 1.77 bits per heavy atom. The zero-order valence-electron chi connectivity index (χ0n) is 17.4. The molecule has 0 bridgehead atoms. The van der Waals surface area contributed by atoms with Gasteiger partial charge in [0.15, 0.2) is 0 Å². The number of piperidine rings is 1. The number of hydrogen-bond donors (Lipinski definition) is 2. The minimum Gasteiger partial charge on any atom is -0.467 e. The molecule has 2 heterocycles. The van der Waals surface area contributed by atoms with Gasteiger partial charge >= 0.3 is 0 Å². The minimum atomic E-state index is -0.0858. The van der Waals surface area contributed by atoms with Crippen molar-refractivity contribution in [1.29, 1.82) is 0 Å². The zero-order chi connectivity index (χ0) is 21.6. The lowest BCUT2D eigenvalue weighted by Crippen LogP contribution is -2.42. The number of benzene rings is 1. The molecule has 1 aliphatic carbocycles. The Balaban J connectivity index is 1.21. The molecule has 0 spiro atoms. The van der Waals surface area contributed by atoms with Crippen molar-refractivity contribution in [2.75, 3.05) is 13.1 Å². The molecule has 0 radical (unpaired) electrons. The maximum absolute atomic E-state index is 12.5. The SMILES string of the molecule is O=C(NC1CC1)c1ccc(/C=C/C(=O)N2CCC(C(=O)NCc3ccco3)CC2)cc1. The lowest BCUT2D eigenvalue weighted by Gasteiger charge is -2.30. The van der Waals surface area contributed by atoms with Crippen LogP contribution in [-0.4, -0.2) is 41.8 Å². The summed E-state index contributed by atoms with van der Waals surface area (Å²) in [6.45, 7) is 1.50. The predicted octanol–water partition coefficient (Wildman–Crippen LogP) is 2.74. The largest absolute Gasteiger partial charge is 0.467 e. The van der Waals surface area contributed by atoms with E-state index in [-0.39, 0.29) is 23.6 Å². The molecular weight excluding hydrogens is 394 g/mol. The van der Waals surface area contributed by atoms with Crippen molar-refractivity contribution in [3.8, 4) is 0 Å². The number of hydrogen-bond acceptors (Lipinski definition) is 4. The predicted molar refractivity (Wildman–Crippen MR) is 116 cm³/mol. The van der Waals surface area contributed by atoms with Gasteiger partial charge in [0.2, 0.25) is 11.8 Å². The standard InChI is InChI=1S/C24H27N3O4/c28-22(10-5-17-3-6-18(7-4-17)24(30)26-20-8-9-20)27-13-11-19(12-14-27)23(29)25-16-21-2-1-15-31-21/h1-7,10,15,19-20H,8-9,11-14,16H2,(H,25,29)(H,26,30)/b10-5+. The van der Waals surface area contributed by atoms with Crippen molar-refractivity contribution < 1.29 is 18.8 Å². The third-order valence-corrected chi connectivity index (χ3v) is 5.70. The highest BCUT2D eigenvalue weighted by molar-refractivity contribution is 5.95. The monoisotopic (exact) mass is 421 g/mol. The van der Waals surface area contributed by atoms with E-state index in [1.165, 1.54) is 0 Å². The first-order valence-corrected chi connectivity index (χ1v) is 10.8. The van der Waals surface area contributed by atoms with Crippen molar-refractivity contribution in [2.24, 2.45) is 5.92 Å². The Labute approximate surface area is 181 Å². The molecule has 4 rings (SSSR count). The number of carbonyl (C=O) groups excluding carboxylic acids is 3. The number of nitrogens with one attached hydrogen (secondary N) is 2. The zero-order valence-corrected chi connectivity index (χ0v) is 17.4. The Hall–Kier alpha value is -3.35. The van der Waals surface area contributed by atoms with E-state index >= 15 is 0 Å². The third-order valence-electron chi connectivity index (χ3n) is 5.70. The van der Waals surface area contributed by atoms with E-state index in [4.69, 9.17) is 4.42 Å². The second-order valence-electron chi connectivity index (χ2n) is 8.10. The molecule has 2 aromatic rings. The molecule has 31 heavy (non-hydrogen) atoms. The van der Waals surface area contributed by atoms with Gasteiger partial charge in [-0.05, 0) is 61.6 Å². The Morgan fingerprint density at radius 1 is 1.03 bits per heavy atom. The van der Waals surface area contributed by atoms with Crippen LogP contribution in [0.5, 0.6) is 0 Å². The lowest BCUT2D eigenvalue weighted by atomic mass is 9.96. The molecule has 2 fully saturated rings. The van der Waals surface area contributed by atoms with Crippen LogP contribution in [0.3, 0.4) is 0 Å². The van der Waals surface area contributed by atoms with Gasteiger partial charge in [-0.2, -0.15) is 0 Å². The van der Waals surface area contributed by atoms with E-state index in [2.05, 4.69) is 10.6 Å². The van der Waals surface area contributed by atoms with Crippen LogP contribution in [-0.2, 0) is 16.1 Å². The molecule has 1 saturated carbocycles. The number of amides is 3. The fraction of sp³-hybridized carbons (Fsp3) is 0.375. The normalized spacial score (nSPS) is 17.0. The summed E-state index contributed by atoms with van der Waals surface area (Å²) in [6.07, 6.45) is 8.30. The number of furan rings is 1. The van der Waals surface area contributed by atoms with Crippen LogP contribution < -0.4 is 10.6 Å². The molecule has 1 aromatic heterocycles. The van der Waals surface area contributed by atoms with Crippen molar-refractivity contribution in [3.63, 3.8) is 0 Å². The van der Waals surface area contributed by atoms with E-state index in [1.54, 1.807) is 41.5 Å². The molecule has 2 aliphatic rings. The first kappa shape index (κ1) is 20.9. The molecule has 0 atom stereocenters. The summed E-state index contributed by atoms with van der Waals surface area (Å²) < 4.78 is 5.22. The van der Waals surface area contributed by atoms with E-state index in [0.717, 1.165) is 24.2 Å². The highest BCUT2D eigenvalue weighted by Gasteiger charge is 2.26. The molecule has 7 nitrogen and oxygen atoms in total. The average Bonchev–Trinajstić information content (AvgIpc) is 3.46. The maximum Gasteiger partial charge on any atom is 0.251 e. The maximum atomic E-state index is 12.5. The second-order valence-corrected chi connectivity index (χ2v) is 8.10. The van der Waals surface area contributed by atoms with Crippen LogP contribution in [0.25, 0.3) is 6.08 Å². The van der Waals surface area contributed by atoms with Crippen LogP contribution in [0, 0.1) is 5.92 Å². The van der Waals surface area contributed by atoms with Crippen LogP contribution in [0.4, 0.5) is 0 Å². The first-order valence-electron chi connectivity index (χ1n) is 10.8. The van der Waals surface area contributed by atoms with Crippen LogP contribution in [0.15, 0.2) is 53.2 Å². The molecule has 1 aromatic carbocycles. The molecule has 2 N–H and O–H groups in total. The van der Waals surface area contributed by atoms with Crippen molar-refractivity contribution in [2.45, 2.75) is 38.3 Å². The molecule has 162 valence electrons. The summed E-state index contributed by atoms with van der Waals surface area (Å²) in [6, 6.07) is 11.2. The van der Waals surface area contributed by atoms with Crippen molar-refractivity contribution in [3.05, 3.63) is 65.6 Å². The van der Waals surface area contributed by atoms with Gasteiger partial charge in [0.1, 0.15) is 5.76 Å². The Morgan fingerprint density at radius 3 is 2.42 bits per heavy atom. The number of likely N-dealkylation sites (tertiary alicyclic amines) is 1. The highest BCUT2D eigenvalue weighted by Crippen LogP contribution is 2.20. The summed E-state index contributed by atoms with van der Waals surface area (Å²) >= 11 is 0.